The molecule has 0 aliphatic carbocycles. The maximum absolute atomic E-state index is 11.6. The summed E-state index contributed by atoms with van der Waals surface area (Å²) in [5, 5.41) is 0. The largest absolute Gasteiger partial charge is 0.368 e. The number of carbonyl (C=O) groups excluding carboxylic acids is 1. The number of nitrogens with zero attached hydrogens (tertiary/aromatic N) is 1. The zero-order valence-electron chi connectivity index (χ0n) is 9.90. The number of rotatable bonds is 6. The zero-order chi connectivity index (χ0) is 12.8. The lowest BCUT2D eigenvalue weighted by Gasteiger charge is -2.25. The zero-order valence-corrected chi connectivity index (χ0v) is 11.5. The minimum Gasteiger partial charge on any atom is -0.368 e. The highest BCUT2D eigenvalue weighted by atomic mass is 79.9. The van der Waals surface area contributed by atoms with E-state index in [0.717, 1.165) is 23.0 Å². The molecule has 0 heterocycles. The number of halogens is 1. The van der Waals surface area contributed by atoms with Crippen LogP contribution in [0.2, 0.25) is 0 Å². The van der Waals surface area contributed by atoms with E-state index in [4.69, 9.17) is 5.73 Å². The molecular formula is C13H17BrN2O. The minimum atomic E-state index is -0.396. The van der Waals surface area contributed by atoms with Gasteiger partial charge >= 0.3 is 0 Å². The number of hydrogen-bond donors (Lipinski definition) is 1. The SMILES string of the molecule is C=CCCN(C)C(C(N)=O)c1cccc(Br)c1. The van der Waals surface area contributed by atoms with Gasteiger partial charge in [-0.1, -0.05) is 34.1 Å². The summed E-state index contributed by atoms with van der Waals surface area (Å²) >= 11 is 3.39. The monoisotopic (exact) mass is 296 g/mol. The Hall–Kier alpha value is -1.13. The van der Waals surface area contributed by atoms with Crippen molar-refractivity contribution < 1.29 is 4.79 Å². The second-order valence-electron chi connectivity index (χ2n) is 3.92. The van der Waals surface area contributed by atoms with Gasteiger partial charge in [0.15, 0.2) is 0 Å². The van der Waals surface area contributed by atoms with Gasteiger partial charge in [-0.25, -0.2) is 0 Å². The fourth-order valence-corrected chi connectivity index (χ4v) is 2.15. The van der Waals surface area contributed by atoms with Crippen LogP contribution in [-0.4, -0.2) is 24.4 Å². The van der Waals surface area contributed by atoms with Crippen molar-refractivity contribution in [2.75, 3.05) is 13.6 Å². The van der Waals surface area contributed by atoms with Gasteiger partial charge in [0.2, 0.25) is 5.91 Å². The molecule has 1 rings (SSSR count). The number of likely N-dealkylation sites (N-methyl/N-ethyl adjacent to an activating group) is 1. The van der Waals surface area contributed by atoms with E-state index in [1.54, 1.807) is 0 Å². The molecule has 0 bridgehead atoms. The molecule has 0 aliphatic heterocycles. The molecule has 1 unspecified atom stereocenters. The van der Waals surface area contributed by atoms with E-state index in [2.05, 4.69) is 22.5 Å². The highest BCUT2D eigenvalue weighted by Crippen LogP contribution is 2.22. The predicted molar refractivity (Wildman–Crippen MR) is 73.5 cm³/mol. The van der Waals surface area contributed by atoms with Gasteiger partial charge in [0.1, 0.15) is 6.04 Å². The molecule has 0 radical (unpaired) electrons. The molecule has 2 N–H and O–H groups in total. The van der Waals surface area contributed by atoms with Gasteiger partial charge in [0, 0.05) is 11.0 Å². The fraction of sp³-hybridized carbons (Fsp3) is 0.308. The molecule has 1 atom stereocenters. The third kappa shape index (κ3) is 3.98. The Balaban J connectivity index is 2.92. The summed E-state index contributed by atoms with van der Waals surface area (Å²) in [4.78, 5) is 13.5. The van der Waals surface area contributed by atoms with Crippen molar-refractivity contribution >= 4 is 21.8 Å². The lowest BCUT2D eigenvalue weighted by atomic mass is 10.1. The first-order valence-electron chi connectivity index (χ1n) is 5.42. The number of primary amides is 1. The predicted octanol–water partition coefficient (Wildman–Crippen LogP) is 2.48. The molecule has 3 nitrogen and oxygen atoms in total. The Morgan fingerprint density at radius 3 is 2.88 bits per heavy atom. The molecule has 17 heavy (non-hydrogen) atoms. The van der Waals surface area contributed by atoms with Gasteiger partial charge in [0.25, 0.3) is 0 Å². The molecule has 0 aromatic heterocycles. The van der Waals surface area contributed by atoms with Crippen LogP contribution in [0.1, 0.15) is 18.0 Å². The lowest BCUT2D eigenvalue weighted by Crippen LogP contribution is -2.35. The summed E-state index contributed by atoms with van der Waals surface area (Å²) in [6.45, 7) is 4.43. The minimum absolute atomic E-state index is 0.338. The quantitative estimate of drug-likeness (QED) is 0.820. The number of carbonyl (C=O) groups is 1. The van der Waals surface area contributed by atoms with E-state index in [9.17, 15) is 4.79 Å². The Bertz CT molecular complexity index is 406. The first kappa shape index (κ1) is 13.9. The van der Waals surface area contributed by atoms with E-state index in [0.29, 0.717) is 0 Å². The molecule has 92 valence electrons. The van der Waals surface area contributed by atoms with E-state index in [-0.39, 0.29) is 5.91 Å². The number of amides is 1. The van der Waals surface area contributed by atoms with Crippen LogP contribution >= 0.6 is 15.9 Å². The van der Waals surface area contributed by atoms with E-state index in [1.165, 1.54) is 0 Å². The maximum atomic E-state index is 11.6. The van der Waals surface area contributed by atoms with Crippen LogP contribution in [0.3, 0.4) is 0 Å². The Morgan fingerprint density at radius 1 is 1.65 bits per heavy atom. The van der Waals surface area contributed by atoms with Crippen LogP contribution < -0.4 is 5.73 Å². The highest BCUT2D eigenvalue weighted by Gasteiger charge is 2.22. The molecule has 0 saturated heterocycles. The standard InChI is InChI=1S/C13H17BrN2O/c1-3-4-8-16(2)12(13(15)17)10-6-5-7-11(14)9-10/h3,5-7,9,12H,1,4,8H2,2H3,(H2,15,17). The first-order valence-corrected chi connectivity index (χ1v) is 6.21. The topological polar surface area (TPSA) is 46.3 Å². The van der Waals surface area contributed by atoms with Crippen LogP contribution in [0.4, 0.5) is 0 Å². The molecule has 4 heteroatoms. The van der Waals surface area contributed by atoms with Gasteiger partial charge in [-0.15, -0.1) is 6.58 Å². The van der Waals surface area contributed by atoms with Crippen molar-refractivity contribution in [3.05, 3.63) is 47.0 Å². The van der Waals surface area contributed by atoms with E-state index in [1.807, 2.05) is 42.3 Å². The summed E-state index contributed by atoms with van der Waals surface area (Å²) in [6, 6.07) is 7.25. The van der Waals surface area contributed by atoms with Crippen molar-refractivity contribution in [3.8, 4) is 0 Å². The molecule has 1 aromatic rings. The van der Waals surface area contributed by atoms with Crippen LogP contribution in [0.5, 0.6) is 0 Å². The lowest BCUT2D eigenvalue weighted by molar-refractivity contribution is -0.123. The molecule has 0 saturated carbocycles. The van der Waals surface area contributed by atoms with Crippen LogP contribution in [-0.2, 0) is 4.79 Å². The van der Waals surface area contributed by atoms with Crippen molar-refractivity contribution in [3.63, 3.8) is 0 Å². The van der Waals surface area contributed by atoms with Gasteiger partial charge in [-0.3, -0.25) is 9.69 Å². The third-order valence-corrected chi connectivity index (χ3v) is 3.05. The average Bonchev–Trinajstić information content (AvgIpc) is 2.26. The summed E-state index contributed by atoms with van der Waals surface area (Å²) in [7, 11) is 1.89. The van der Waals surface area contributed by atoms with Crippen molar-refractivity contribution in [1.82, 2.24) is 4.90 Å². The molecule has 0 spiro atoms. The highest BCUT2D eigenvalue weighted by molar-refractivity contribution is 9.10. The summed E-state index contributed by atoms with van der Waals surface area (Å²) in [6.07, 6.45) is 2.66. The second kappa shape index (κ2) is 6.57. The van der Waals surface area contributed by atoms with E-state index >= 15 is 0 Å². The molecule has 0 aliphatic rings. The number of hydrogen-bond acceptors (Lipinski definition) is 2. The van der Waals surface area contributed by atoms with Crippen LogP contribution in [0.25, 0.3) is 0 Å². The Morgan fingerprint density at radius 2 is 2.35 bits per heavy atom. The second-order valence-corrected chi connectivity index (χ2v) is 4.83. The van der Waals surface area contributed by atoms with Gasteiger partial charge in [-0.05, 0) is 31.2 Å². The van der Waals surface area contributed by atoms with Crippen LogP contribution in [0, 0.1) is 0 Å². The Kier molecular flexibility index (Phi) is 5.38. The first-order chi connectivity index (χ1) is 8.06. The van der Waals surface area contributed by atoms with Crippen LogP contribution in [0.15, 0.2) is 41.4 Å². The molecule has 1 amide bonds. The molecule has 0 fully saturated rings. The summed E-state index contributed by atoms with van der Waals surface area (Å²) in [5.74, 6) is -0.338. The Labute approximate surface area is 110 Å². The molecular weight excluding hydrogens is 280 g/mol. The summed E-state index contributed by atoms with van der Waals surface area (Å²) < 4.78 is 0.943. The average molecular weight is 297 g/mol. The van der Waals surface area contributed by atoms with Crippen molar-refractivity contribution in [2.24, 2.45) is 5.73 Å². The van der Waals surface area contributed by atoms with E-state index < -0.39 is 6.04 Å². The fourth-order valence-electron chi connectivity index (χ4n) is 1.74. The summed E-state index contributed by atoms with van der Waals surface area (Å²) in [5.41, 5.74) is 6.37. The molecule has 1 aromatic carbocycles. The maximum Gasteiger partial charge on any atom is 0.239 e. The number of nitrogens with two attached hydrogens (primary N) is 1. The normalized spacial score (nSPS) is 12.4. The smallest absolute Gasteiger partial charge is 0.239 e. The van der Waals surface area contributed by atoms with Gasteiger partial charge in [0.05, 0.1) is 0 Å². The third-order valence-electron chi connectivity index (χ3n) is 2.56. The van der Waals surface area contributed by atoms with Crippen molar-refractivity contribution in [1.29, 1.82) is 0 Å². The van der Waals surface area contributed by atoms with Gasteiger partial charge in [-0.2, -0.15) is 0 Å². The number of benzene rings is 1. The van der Waals surface area contributed by atoms with Crippen molar-refractivity contribution in [2.45, 2.75) is 12.5 Å². The van der Waals surface area contributed by atoms with Gasteiger partial charge < -0.3 is 5.73 Å².